The minimum atomic E-state index is -5.80. The van der Waals surface area contributed by atoms with Gasteiger partial charge in [-0.15, -0.1) is 0 Å². The number of benzene rings is 1. The second kappa shape index (κ2) is 4.48. The zero-order valence-corrected chi connectivity index (χ0v) is 8.63. The molecule has 7 heteroatoms. The lowest BCUT2D eigenvalue weighted by Crippen LogP contribution is -2.42. The standard InChI is InChI=1S/C10H9F5O2/c1-17-7-4-2-6(3-5-7)8(16)9(11,12)10(13,14)15/h2-5,8,16H,1H3. The van der Waals surface area contributed by atoms with E-state index in [0.717, 1.165) is 12.1 Å². The topological polar surface area (TPSA) is 29.5 Å². The van der Waals surface area contributed by atoms with E-state index in [1.165, 1.54) is 19.2 Å². The Bertz CT molecular complexity index is 371. The van der Waals surface area contributed by atoms with Crippen molar-refractivity contribution in [2.24, 2.45) is 0 Å². The lowest BCUT2D eigenvalue weighted by atomic mass is 10.0. The van der Waals surface area contributed by atoms with Crippen LogP contribution in [0.2, 0.25) is 0 Å². The Labute approximate surface area is 93.6 Å². The number of halogens is 5. The molecule has 0 bridgehead atoms. The molecular weight excluding hydrogens is 247 g/mol. The average Bonchev–Trinajstić information content (AvgIpc) is 2.26. The number of ether oxygens (including phenoxy) is 1. The van der Waals surface area contributed by atoms with E-state index in [0.29, 0.717) is 0 Å². The van der Waals surface area contributed by atoms with E-state index in [1.807, 2.05) is 0 Å². The van der Waals surface area contributed by atoms with Gasteiger partial charge in [-0.2, -0.15) is 22.0 Å². The quantitative estimate of drug-likeness (QED) is 0.842. The number of methoxy groups -OCH3 is 1. The first kappa shape index (κ1) is 13.7. The fourth-order valence-electron chi connectivity index (χ4n) is 1.15. The summed E-state index contributed by atoms with van der Waals surface area (Å²) in [6.07, 6.45) is -8.74. The summed E-state index contributed by atoms with van der Waals surface area (Å²) in [4.78, 5) is 0. The van der Waals surface area contributed by atoms with E-state index in [2.05, 4.69) is 0 Å². The monoisotopic (exact) mass is 256 g/mol. The highest BCUT2D eigenvalue weighted by molar-refractivity contribution is 5.29. The highest BCUT2D eigenvalue weighted by Gasteiger charge is 2.62. The summed E-state index contributed by atoms with van der Waals surface area (Å²) in [7, 11) is 1.32. The molecule has 0 fully saturated rings. The molecule has 1 rings (SSSR count). The maximum Gasteiger partial charge on any atom is 0.456 e. The molecule has 0 aliphatic carbocycles. The first-order valence-electron chi connectivity index (χ1n) is 4.46. The van der Waals surface area contributed by atoms with Crippen LogP contribution in [-0.2, 0) is 0 Å². The molecule has 0 heterocycles. The molecule has 1 aromatic carbocycles. The van der Waals surface area contributed by atoms with Crippen molar-refractivity contribution in [3.05, 3.63) is 29.8 Å². The molecule has 2 nitrogen and oxygen atoms in total. The Hall–Kier alpha value is -1.37. The van der Waals surface area contributed by atoms with Crippen molar-refractivity contribution >= 4 is 0 Å². The number of rotatable bonds is 3. The largest absolute Gasteiger partial charge is 0.497 e. The molecular formula is C10H9F5O2. The van der Waals surface area contributed by atoms with Crippen LogP contribution in [0.5, 0.6) is 5.75 Å². The van der Waals surface area contributed by atoms with Gasteiger partial charge < -0.3 is 9.84 Å². The van der Waals surface area contributed by atoms with Crippen LogP contribution in [0.25, 0.3) is 0 Å². The van der Waals surface area contributed by atoms with Crippen molar-refractivity contribution in [1.82, 2.24) is 0 Å². The zero-order valence-electron chi connectivity index (χ0n) is 8.63. The molecule has 0 aliphatic heterocycles. The maximum atomic E-state index is 12.8. The van der Waals surface area contributed by atoms with Crippen LogP contribution >= 0.6 is 0 Å². The molecule has 0 saturated carbocycles. The van der Waals surface area contributed by atoms with Gasteiger partial charge in [0.2, 0.25) is 0 Å². The minimum Gasteiger partial charge on any atom is -0.497 e. The molecule has 96 valence electrons. The summed E-state index contributed by atoms with van der Waals surface area (Å²) < 4.78 is 66.2. The van der Waals surface area contributed by atoms with Gasteiger partial charge >= 0.3 is 12.1 Å². The summed E-state index contributed by atoms with van der Waals surface area (Å²) >= 11 is 0. The third kappa shape index (κ3) is 2.66. The van der Waals surface area contributed by atoms with Gasteiger partial charge in [-0.1, -0.05) is 12.1 Å². The van der Waals surface area contributed by atoms with Gasteiger partial charge in [0.05, 0.1) is 7.11 Å². The van der Waals surface area contributed by atoms with Crippen LogP contribution in [-0.4, -0.2) is 24.3 Å². The highest BCUT2D eigenvalue weighted by Crippen LogP contribution is 2.44. The molecule has 0 aliphatic rings. The Balaban J connectivity index is 2.99. The average molecular weight is 256 g/mol. The van der Waals surface area contributed by atoms with Gasteiger partial charge in [0.1, 0.15) is 5.75 Å². The number of alkyl halides is 5. The predicted molar refractivity (Wildman–Crippen MR) is 49.0 cm³/mol. The van der Waals surface area contributed by atoms with Crippen LogP contribution in [0.15, 0.2) is 24.3 Å². The lowest BCUT2D eigenvalue weighted by Gasteiger charge is -2.25. The van der Waals surface area contributed by atoms with Crippen molar-refractivity contribution in [1.29, 1.82) is 0 Å². The normalized spacial score (nSPS) is 14.5. The second-order valence-electron chi connectivity index (χ2n) is 3.30. The van der Waals surface area contributed by atoms with E-state index >= 15 is 0 Å². The summed E-state index contributed by atoms with van der Waals surface area (Å²) in [5, 5.41) is 9.04. The SMILES string of the molecule is COc1ccc(C(O)C(F)(F)C(F)(F)F)cc1. The van der Waals surface area contributed by atoms with Gasteiger partial charge in [-0.05, 0) is 17.7 Å². The number of hydrogen-bond acceptors (Lipinski definition) is 2. The second-order valence-corrected chi connectivity index (χ2v) is 3.30. The lowest BCUT2D eigenvalue weighted by molar-refractivity contribution is -0.315. The Morgan fingerprint density at radius 3 is 1.88 bits per heavy atom. The number of hydrogen-bond donors (Lipinski definition) is 1. The van der Waals surface area contributed by atoms with Crippen molar-refractivity contribution in [3.8, 4) is 5.75 Å². The number of aliphatic hydroxyl groups excluding tert-OH is 1. The van der Waals surface area contributed by atoms with Crippen LogP contribution in [0.1, 0.15) is 11.7 Å². The van der Waals surface area contributed by atoms with Crippen LogP contribution in [0.3, 0.4) is 0 Å². The van der Waals surface area contributed by atoms with E-state index in [1.54, 1.807) is 0 Å². The van der Waals surface area contributed by atoms with E-state index in [9.17, 15) is 22.0 Å². The third-order valence-corrected chi connectivity index (χ3v) is 2.15. The first-order chi connectivity index (χ1) is 7.70. The molecule has 0 aromatic heterocycles. The molecule has 0 radical (unpaired) electrons. The van der Waals surface area contributed by atoms with Gasteiger partial charge in [0.15, 0.2) is 6.10 Å². The van der Waals surface area contributed by atoms with Gasteiger partial charge in [-0.3, -0.25) is 0 Å². The van der Waals surface area contributed by atoms with E-state index < -0.39 is 23.8 Å². The van der Waals surface area contributed by atoms with Gasteiger partial charge in [0.25, 0.3) is 0 Å². The van der Waals surface area contributed by atoms with Crippen molar-refractivity contribution in [2.75, 3.05) is 7.11 Å². The maximum absolute atomic E-state index is 12.8. The summed E-state index contributed by atoms with van der Waals surface area (Å²) in [6, 6.07) is 4.27. The highest BCUT2D eigenvalue weighted by atomic mass is 19.4. The molecule has 1 atom stereocenters. The molecule has 0 amide bonds. The minimum absolute atomic E-state index is 0.288. The summed E-state index contributed by atoms with van der Waals surface area (Å²) in [5.74, 6) is -4.90. The van der Waals surface area contributed by atoms with Crippen LogP contribution in [0, 0.1) is 0 Å². The fraction of sp³-hybridized carbons (Fsp3) is 0.400. The Kier molecular flexibility index (Phi) is 3.61. The molecule has 1 N–H and O–H groups in total. The summed E-state index contributed by atoms with van der Waals surface area (Å²) in [5.41, 5.74) is -0.534. The third-order valence-electron chi connectivity index (χ3n) is 2.15. The summed E-state index contributed by atoms with van der Waals surface area (Å²) in [6.45, 7) is 0. The van der Waals surface area contributed by atoms with Crippen molar-refractivity contribution < 1.29 is 31.8 Å². The first-order valence-corrected chi connectivity index (χ1v) is 4.46. The van der Waals surface area contributed by atoms with Crippen LogP contribution < -0.4 is 4.74 Å². The van der Waals surface area contributed by atoms with Crippen molar-refractivity contribution in [3.63, 3.8) is 0 Å². The smallest absolute Gasteiger partial charge is 0.456 e. The number of aliphatic hydroxyl groups is 1. The zero-order chi connectivity index (χ0) is 13.3. The molecule has 0 spiro atoms. The van der Waals surface area contributed by atoms with Crippen LogP contribution in [0.4, 0.5) is 22.0 Å². The Morgan fingerprint density at radius 2 is 1.53 bits per heavy atom. The molecule has 17 heavy (non-hydrogen) atoms. The van der Waals surface area contributed by atoms with E-state index in [4.69, 9.17) is 9.84 Å². The van der Waals surface area contributed by atoms with Gasteiger partial charge in [0, 0.05) is 0 Å². The van der Waals surface area contributed by atoms with Gasteiger partial charge in [-0.25, -0.2) is 0 Å². The molecule has 0 saturated heterocycles. The Morgan fingerprint density at radius 1 is 1.06 bits per heavy atom. The molecule has 1 unspecified atom stereocenters. The van der Waals surface area contributed by atoms with Crippen molar-refractivity contribution in [2.45, 2.75) is 18.2 Å². The van der Waals surface area contributed by atoms with E-state index in [-0.39, 0.29) is 5.75 Å². The fourth-order valence-corrected chi connectivity index (χ4v) is 1.15. The predicted octanol–water partition coefficient (Wildman–Crippen LogP) is 2.93. The molecule has 1 aromatic rings.